The van der Waals surface area contributed by atoms with Gasteiger partial charge in [0.25, 0.3) is 0 Å². The number of hydrogen-bond donors (Lipinski definition) is 0. The van der Waals surface area contributed by atoms with Crippen molar-refractivity contribution in [2.45, 2.75) is 13.3 Å². The third kappa shape index (κ3) is 1.24. The van der Waals surface area contributed by atoms with Crippen LogP contribution in [0.15, 0.2) is 36.1 Å². The number of rotatable bonds is 1. The van der Waals surface area contributed by atoms with E-state index in [1.807, 2.05) is 31.2 Å². The third-order valence-electron chi connectivity index (χ3n) is 1.96. The highest BCUT2D eigenvalue weighted by Crippen LogP contribution is 2.30. The number of ketones is 1. The summed E-state index contributed by atoms with van der Waals surface area (Å²) in [5.41, 5.74) is 0.669. The molecule has 13 heavy (non-hydrogen) atoms. The summed E-state index contributed by atoms with van der Waals surface area (Å²) in [7, 11) is 0. The van der Waals surface area contributed by atoms with E-state index < -0.39 is 0 Å². The summed E-state index contributed by atoms with van der Waals surface area (Å²) in [6, 6.07) is 7.30. The number of allylic oxidation sites excluding steroid dienone is 2. The van der Waals surface area contributed by atoms with Gasteiger partial charge in [-0.05, 0) is 24.6 Å². The van der Waals surface area contributed by atoms with E-state index in [0.29, 0.717) is 17.1 Å². The van der Waals surface area contributed by atoms with E-state index >= 15 is 0 Å². The molecular formula is C11H10O2. The summed E-state index contributed by atoms with van der Waals surface area (Å²) in [5.74, 6) is 1.13. The van der Waals surface area contributed by atoms with E-state index in [-0.39, 0.29) is 5.78 Å². The molecule has 1 aliphatic rings. The second-order valence-corrected chi connectivity index (χ2v) is 2.90. The number of Topliss-reactive ketones (excluding diaryl/α,β-unsaturated/α-hetero) is 1. The molecule has 0 N–H and O–H groups in total. The molecule has 0 bridgehead atoms. The molecule has 0 fully saturated rings. The highest BCUT2D eigenvalue weighted by Gasteiger charge is 2.25. The molecule has 0 unspecified atom stereocenters. The number of carbonyl (C=O) groups is 1. The van der Waals surface area contributed by atoms with Crippen molar-refractivity contribution in [3.63, 3.8) is 0 Å². The molecule has 1 aromatic carbocycles. The van der Waals surface area contributed by atoms with Crippen LogP contribution in [0.5, 0.6) is 5.75 Å². The van der Waals surface area contributed by atoms with Crippen LogP contribution in [0.4, 0.5) is 0 Å². The van der Waals surface area contributed by atoms with Gasteiger partial charge in [-0.25, -0.2) is 0 Å². The van der Waals surface area contributed by atoms with Crippen molar-refractivity contribution in [1.29, 1.82) is 0 Å². The second-order valence-electron chi connectivity index (χ2n) is 2.90. The number of para-hydroxylation sites is 1. The zero-order chi connectivity index (χ0) is 9.26. The average molecular weight is 174 g/mol. The smallest absolute Gasteiger partial charge is 0.231 e. The number of fused-ring (bicyclic) bond motifs is 1. The lowest BCUT2D eigenvalue weighted by Gasteiger charge is -1.95. The van der Waals surface area contributed by atoms with Gasteiger partial charge in [0.15, 0.2) is 5.76 Å². The lowest BCUT2D eigenvalue weighted by atomic mass is 10.1. The van der Waals surface area contributed by atoms with E-state index in [1.165, 1.54) is 0 Å². The van der Waals surface area contributed by atoms with Crippen molar-refractivity contribution < 1.29 is 9.53 Å². The predicted molar refractivity (Wildman–Crippen MR) is 49.8 cm³/mol. The first kappa shape index (κ1) is 8.05. The third-order valence-corrected chi connectivity index (χ3v) is 1.96. The van der Waals surface area contributed by atoms with Crippen LogP contribution >= 0.6 is 0 Å². The topological polar surface area (TPSA) is 26.3 Å². The quantitative estimate of drug-likeness (QED) is 0.611. The van der Waals surface area contributed by atoms with Crippen LogP contribution in [0.25, 0.3) is 0 Å². The van der Waals surface area contributed by atoms with Gasteiger partial charge in [-0.1, -0.05) is 19.1 Å². The number of hydrogen-bond acceptors (Lipinski definition) is 2. The van der Waals surface area contributed by atoms with E-state index in [9.17, 15) is 4.79 Å². The summed E-state index contributed by atoms with van der Waals surface area (Å²) >= 11 is 0. The molecule has 0 atom stereocenters. The van der Waals surface area contributed by atoms with Crippen molar-refractivity contribution in [3.8, 4) is 5.75 Å². The van der Waals surface area contributed by atoms with E-state index in [2.05, 4.69) is 0 Å². The Kier molecular flexibility index (Phi) is 1.89. The molecule has 0 amide bonds. The van der Waals surface area contributed by atoms with Gasteiger partial charge in [0.05, 0.1) is 5.56 Å². The largest absolute Gasteiger partial charge is 0.453 e. The maximum Gasteiger partial charge on any atom is 0.231 e. The molecule has 0 aromatic heterocycles. The number of benzene rings is 1. The van der Waals surface area contributed by atoms with Crippen LogP contribution in [0, 0.1) is 0 Å². The second kappa shape index (κ2) is 3.05. The Labute approximate surface area is 76.8 Å². The maximum absolute atomic E-state index is 11.6. The molecule has 1 heterocycles. The highest BCUT2D eigenvalue weighted by molar-refractivity contribution is 6.12. The van der Waals surface area contributed by atoms with Gasteiger partial charge < -0.3 is 4.74 Å². The number of ether oxygens (including phenoxy) is 1. The van der Waals surface area contributed by atoms with Crippen LogP contribution in [-0.4, -0.2) is 5.78 Å². The standard InChI is InChI=1S/C11H10O2/c1-2-5-10-11(12)8-6-3-4-7-9(8)13-10/h3-7H,2H2,1H3/b10-5+. The predicted octanol–water partition coefficient (Wildman–Crippen LogP) is 2.56. The van der Waals surface area contributed by atoms with Crippen LogP contribution < -0.4 is 4.74 Å². The summed E-state index contributed by atoms with van der Waals surface area (Å²) in [6.07, 6.45) is 2.62. The van der Waals surface area contributed by atoms with Crippen molar-refractivity contribution in [1.82, 2.24) is 0 Å². The monoisotopic (exact) mass is 174 g/mol. The van der Waals surface area contributed by atoms with Crippen molar-refractivity contribution in [3.05, 3.63) is 41.7 Å². The summed E-state index contributed by atoms with van der Waals surface area (Å²) < 4.78 is 5.37. The minimum Gasteiger partial charge on any atom is -0.453 e. The zero-order valence-corrected chi connectivity index (χ0v) is 7.41. The first-order valence-electron chi connectivity index (χ1n) is 4.34. The maximum atomic E-state index is 11.6. The SMILES string of the molecule is CC/C=C1/Oc2ccccc2C1=O. The Morgan fingerprint density at radius 3 is 2.85 bits per heavy atom. The minimum absolute atomic E-state index is 0.00236. The molecule has 0 saturated carbocycles. The van der Waals surface area contributed by atoms with Crippen molar-refractivity contribution in [2.75, 3.05) is 0 Å². The highest BCUT2D eigenvalue weighted by atomic mass is 16.5. The Morgan fingerprint density at radius 2 is 2.15 bits per heavy atom. The van der Waals surface area contributed by atoms with E-state index in [0.717, 1.165) is 6.42 Å². The molecular weight excluding hydrogens is 164 g/mol. The van der Waals surface area contributed by atoms with E-state index in [1.54, 1.807) is 6.07 Å². The van der Waals surface area contributed by atoms with Gasteiger partial charge in [-0.3, -0.25) is 4.79 Å². The Hall–Kier alpha value is -1.57. The fourth-order valence-corrected chi connectivity index (χ4v) is 1.36. The average Bonchev–Trinajstić information content (AvgIpc) is 2.46. The molecule has 0 radical (unpaired) electrons. The molecule has 2 nitrogen and oxygen atoms in total. The molecule has 0 spiro atoms. The molecule has 1 aliphatic heterocycles. The van der Waals surface area contributed by atoms with Gasteiger partial charge in [0.2, 0.25) is 5.78 Å². The van der Waals surface area contributed by atoms with Crippen LogP contribution in [0.3, 0.4) is 0 Å². The van der Waals surface area contributed by atoms with Crippen LogP contribution in [0.1, 0.15) is 23.7 Å². The summed E-state index contributed by atoms with van der Waals surface area (Å²) in [4.78, 5) is 11.6. The minimum atomic E-state index is -0.00236. The molecule has 2 heteroatoms. The fourth-order valence-electron chi connectivity index (χ4n) is 1.36. The number of carbonyl (C=O) groups excluding carboxylic acids is 1. The fraction of sp³-hybridized carbons (Fsp3) is 0.182. The summed E-state index contributed by atoms with van der Waals surface area (Å²) in [5, 5.41) is 0. The molecule has 0 saturated heterocycles. The lowest BCUT2D eigenvalue weighted by molar-refractivity contribution is 0.101. The first-order chi connectivity index (χ1) is 6.33. The van der Waals surface area contributed by atoms with Gasteiger partial charge in [0.1, 0.15) is 5.75 Å². The van der Waals surface area contributed by atoms with Gasteiger partial charge in [-0.15, -0.1) is 0 Å². The molecule has 1 aromatic rings. The summed E-state index contributed by atoms with van der Waals surface area (Å²) in [6.45, 7) is 1.98. The van der Waals surface area contributed by atoms with Gasteiger partial charge in [-0.2, -0.15) is 0 Å². The molecule has 66 valence electrons. The van der Waals surface area contributed by atoms with E-state index in [4.69, 9.17) is 4.74 Å². The Bertz CT molecular complexity index is 377. The van der Waals surface area contributed by atoms with Gasteiger partial charge >= 0.3 is 0 Å². The Morgan fingerprint density at radius 1 is 1.38 bits per heavy atom. The molecule has 2 rings (SSSR count). The van der Waals surface area contributed by atoms with Crippen LogP contribution in [0.2, 0.25) is 0 Å². The zero-order valence-electron chi connectivity index (χ0n) is 7.41. The first-order valence-corrected chi connectivity index (χ1v) is 4.34. The van der Waals surface area contributed by atoms with Crippen molar-refractivity contribution in [2.24, 2.45) is 0 Å². The van der Waals surface area contributed by atoms with Gasteiger partial charge in [0, 0.05) is 0 Å². The lowest BCUT2D eigenvalue weighted by Crippen LogP contribution is -1.97. The normalized spacial score (nSPS) is 17.3. The molecule has 0 aliphatic carbocycles. The Balaban J connectivity index is 2.44. The van der Waals surface area contributed by atoms with Crippen molar-refractivity contribution >= 4 is 5.78 Å². The van der Waals surface area contributed by atoms with Crippen LogP contribution in [-0.2, 0) is 0 Å².